The molecule has 0 aliphatic rings. The molecule has 0 saturated heterocycles. The molecule has 0 bridgehead atoms. The van der Waals surface area contributed by atoms with Crippen LogP contribution in [0.1, 0.15) is 17.5 Å². The van der Waals surface area contributed by atoms with E-state index in [1.165, 1.54) is 17.5 Å². The van der Waals surface area contributed by atoms with Crippen LogP contribution in [0.5, 0.6) is 0 Å². The maximum absolute atomic E-state index is 3.52. The average molecular weight is 288 g/mol. The zero-order chi connectivity index (χ0) is 14.0. The zero-order valence-corrected chi connectivity index (χ0v) is 13.0. The van der Waals surface area contributed by atoms with Crippen LogP contribution in [0.3, 0.4) is 0 Å². The average Bonchev–Trinajstić information content (AvgIpc) is 2.97. The summed E-state index contributed by atoms with van der Waals surface area (Å²) in [5.74, 6) is 0. The van der Waals surface area contributed by atoms with E-state index in [1.54, 1.807) is 11.3 Å². The summed E-state index contributed by atoms with van der Waals surface area (Å²) in [6.07, 6.45) is 2.34. The van der Waals surface area contributed by atoms with Crippen molar-refractivity contribution in [2.45, 2.75) is 19.4 Å². The molecule has 0 radical (unpaired) electrons. The Kier molecular flexibility index (Phi) is 6.78. The predicted octanol–water partition coefficient (Wildman–Crippen LogP) is 3.40. The third kappa shape index (κ3) is 5.87. The summed E-state index contributed by atoms with van der Waals surface area (Å²) >= 11 is 1.78. The lowest BCUT2D eigenvalue weighted by Gasteiger charge is -2.16. The van der Waals surface area contributed by atoms with Crippen molar-refractivity contribution in [2.24, 2.45) is 0 Å². The molecule has 3 heteroatoms. The molecule has 0 fully saturated rings. The topological polar surface area (TPSA) is 15.3 Å². The van der Waals surface area contributed by atoms with E-state index in [2.05, 4.69) is 64.4 Å². The molecule has 0 aliphatic carbocycles. The van der Waals surface area contributed by atoms with Crippen molar-refractivity contribution in [2.75, 3.05) is 26.7 Å². The summed E-state index contributed by atoms with van der Waals surface area (Å²) in [5.41, 5.74) is 2.84. The van der Waals surface area contributed by atoms with Gasteiger partial charge in [0.05, 0.1) is 0 Å². The van der Waals surface area contributed by atoms with Gasteiger partial charge in [0.1, 0.15) is 0 Å². The largest absolute Gasteiger partial charge is 0.316 e. The first-order chi connectivity index (χ1) is 9.84. The number of hydrogen-bond donors (Lipinski definition) is 1. The van der Waals surface area contributed by atoms with E-state index in [4.69, 9.17) is 0 Å². The Morgan fingerprint density at radius 1 is 1.05 bits per heavy atom. The van der Waals surface area contributed by atoms with E-state index in [0.717, 1.165) is 32.6 Å². The lowest BCUT2D eigenvalue weighted by molar-refractivity contribution is 0.320. The molecule has 1 aromatic heterocycles. The maximum atomic E-state index is 3.52. The van der Waals surface area contributed by atoms with Crippen molar-refractivity contribution < 1.29 is 0 Å². The number of rotatable bonds is 9. The Morgan fingerprint density at radius 3 is 2.65 bits per heavy atom. The van der Waals surface area contributed by atoms with E-state index in [0.29, 0.717) is 0 Å². The van der Waals surface area contributed by atoms with E-state index >= 15 is 0 Å². The zero-order valence-electron chi connectivity index (χ0n) is 12.2. The molecular formula is C17H24N2S. The molecular weight excluding hydrogens is 264 g/mol. The molecule has 0 unspecified atom stereocenters. The Balaban J connectivity index is 1.50. The van der Waals surface area contributed by atoms with E-state index in [9.17, 15) is 0 Å². The minimum Gasteiger partial charge on any atom is -0.316 e. The van der Waals surface area contributed by atoms with Gasteiger partial charge in [0, 0.05) is 6.54 Å². The van der Waals surface area contributed by atoms with E-state index in [-0.39, 0.29) is 0 Å². The van der Waals surface area contributed by atoms with Gasteiger partial charge in [-0.2, -0.15) is 11.3 Å². The second-order valence-corrected chi connectivity index (χ2v) is 5.99. The predicted molar refractivity (Wildman–Crippen MR) is 88.3 cm³/mol. The van der Waals surface area contributed by atoms with Crippen molar-refractivity contribution >= 4 is 11.3 Å². The summed E-state index contributed by atoms with van der Waals surface area (Å²) in [5, 5.41) is 7.90. The van der Waals surface area contributed by atoms with Crippen molar-refractivity contribution in [1.29, 1.82) is 0 Å². The van der Waals surface area contributed by atoms with E-state index in [1.807, 2.05) is 0 Å². The lowest BCUT2D eigenvalue weighted by Crippen LogP contribution is -2.25. The molecule has 1 N–H and O–H groups in total. The molecule has 0 saturated carbocycles. The van der Waals surface area contributed by atoms with Crippen LogP contribution in [-0.4, -0.2) is 31.6 Å². The first-order valence-corrected chi connectivity index (χ1v) is 8.23. The molecule has 1 heterocycles. The normalized spacial score (nSPS) is 11.1. The highest BCUT2D eigenvalue weighted by Crippen LogP contribution is 2.05. The summed E-state index contributed by atoms with van der Waals surface area (Å²) in [6.45, 7) is 4.36. The van der Waals surface area contributed by atoms with Gasteiger partial charge in [-0.3, -0.25) is 0 Å². The minimum absolute atomic E-state index is 1.04. The van der Waals surface area contributed by atoms with Crippen LogP contribution in [0, 0.1) is 0 Å². The van der Waals surface area contributed by atoms with Gasteiger partial charge in [0.2, 0.25) is 0 Å². The molecule has 2 rings (SSSR count). The van der Waals surface area contributed by atoms with Crippen LogP contribution in [-0.2, 0) is 13.0 Å². The van der Waals surface area contributed by atoms with Gasteiger partial charge < -0.3 is 10.2 Å². The Labute approximate surface area is 126 Å². The number of hydrogen-bond acceptors (Lipinski definition) is 3. The van der Waals surface area contributed by atoms with Crippen LogP contribution >= 0.6 is 11.3 Å². The minimum atomic E-state index is 1.04. The summed E-state index contributed by atoms with van der Waals surface area (Å²) in [4.78, 5) is 2.38. The Morgan fingerprint density at radius 2 is 1.90 bits per heavy atom. The van der Waals surface area contributed by atoms with Gasteiger partial charge in [0.25, 0.3) is 0 Å². The second-order valence-electron chi connectivity index (χ2n) is 5.21. The number of nitrogens with zero attached hydrogens (tertiary/aromatic N) is 1. The summed E-state index contributed by atoms with van der Waals surface area (Å²) in [7, 11) is 2.19. The van der Waals surface area contributed by atoms with Gasteiger partial charge in [-0.05, 0) is 67.5 Å². The second kappa shape index (κ2) is 8.90. The van der Waals surface area contributed by atoms with Crippen molar-refractivity contribution in [3.05, 3.63) is 58.3 Å². The molecule has 0 amide bonds. The SMILES string of the molecule is CN(CCCNCCc1ccsc1)Cc1ccccc1. The fraction of sp³-hybridized carbons (Fsp3) is 0.412. The summed E-state index contributed by atoms with van der Waals surface area (Å²) in [6, 6.07) is 12.9. The number of nitrogens with one attached hydrogen (secondary N) is 1. The highest BCUT2D eigenvalue weighted by Gasteiger charge is 1.99. The maximum Gasteiger partial charge on any atom is 0.0230 e. The van der Waals surface area contributed by atoms with Crippen molar-refractivity contribution in [3.8, 4) is 0 Å². The third-order valence-electron chi connectivity index (χ3n) is 3.36. The van der Waals surface area contributed by atoms with Gasteiger partial charge in [-0.1, -0.05) is 30.3 Å². The smallest absolute Gasteiger partial charge is 0.0230 e. The van der Waals surface area contributed by atoms with Crippen molar-refractivity contribution in [3.63, 3.8) is 0 Å². The van der Waals surface area contributed by atoms with Gasteiger partial charge in [0.15, 0.2) is 0 Å². The molecule has 0 aliphatic heterocycles. The summed E-state index contributed by atoms with van der Waals surface area (Å²) < 4.78 is 0. The molecule has 20 heavy (non-hydrogen) atoms. The molecule has 0 spiro atoms. The third-order valence-corrected chi connectivity index (χ3v) is 4.09. The van der Waals surface area contributed by atoms with Gasteiger partial charge in [-0.25, -0.2) is 0 Å². The molecule has 1 aromatic carbocycles. The van der Waals surface area contributed by atoms with E-state index < -0.39 is 0 Å². The van der Waals surface area contributed by atoms with Crippen LogP contribution in [0.2, 0.25) is 0 Å². The highest BCUT2D eigenvalue weighted by atomic mass is 32.1. The molecule has 108 valence electrons. The first kappa shape index (κ1) is 15.2. The van der Waals surface area contributed by atoms with Gasteiger partial charge >= 0.3 is 0 Å². The standard InChI is InChI=1S/C17H24N2S/c1-19(14-16-6-3-2-4-7-16)12-5-10-18-11-8-17-9-13-20-15-17/h2-4,6-7,9,13,15,18H,5,8,10-12,14H2,1H3. The fourth-order valence-electron chi connectivity index (χ4n) is 2.24. The Bertz CT molecular complexity index is 453. The van der Waals surface area contributed by atoms with Crippen molar-refractivity contribution in [1.82, 2.24) is 10.2 Å². The van der Waals surface area contributed by atoms with Crippen LogP contribution in [0.15, 0.2) is 47.2 Å². The quantitative estimate of drug-likeness (QED) is 0.711. The van der Waals surface area contributed by atoms with Crippen LogP contribution < -0.4 is 5.32 Å². The van der Waals surface area contributed by atoms with Crippen LogP contribution in [0.4, 0.5) is 0 Å². The number of benzene rings is 1. The first-order valence-electron chi connectivity index (χ1n) is 7.29. The van der Waals surface area contributed by atoms with Gasteiger partial charge in [-0.15, -0.1) is 0 Å². The molecule has 2 aromatic rings. The fourth-order valence-corrected chi connectivity index (χ4v) is 2.94. The highest BCUT2D eigenvalue weighted by molar-refractivity contribution is 7.07. The molecule has 0 atom stereocenters. The number of thiophene rings is 1. The van der Waals surface area contributed by atoms with Crippen LogP contribution in [0.25, 0.3) is 0 Å². The lowest BCUT2D eigenvalue weighted by atomic mass is 10.2. The molecule has 2 nitrogen and oxygen atoms in total. The Hall–Kier alpha value is -1.16. The monoisotopic (exact) mass is 288 g/mol.